The van der Waals surface area contributed by atoms with Crippen LogP contribution in [0.25, 0.3) is 0 Å². The Labute approximate surface area is 290 Å². The summed E-state index contributed by atoms with van der Waals surface area (Å²) >= 11 is 0. The van der Waals surface area contributed by atoms with Crippen LogP contribution < -0.4 is 21.3 Å². The second-order valence-electron chi connectivity index (χ2n) is 12.8. The molecule has 290 valence electrons. The Kier molecular flexibility index (Phi) is 19.8. The molecule has 0 aliphatic carbocycles. The molecule has 1 saturated heterocycles. The lowest BCUT2D eigenvalue weighted by Gasteiger charge is -2.47. The molecule has 1 fully saturated rings. The molecule has 0 spiro atoms. The van der Waals surface area contributed by atoms with Crippen LogP contribution in [0.15, 0.2) is 0 Å². The van der Waals surface area contributed by atoms with Crippen LogP contribution in [0, 0.1) is 0 Å². The topological polar surface area (TPSA) is 264 Å². The zero-order valence-electron chi connectivity index (χ0n) is 29.0. The summed E-state index contributed by atoms with van der Waals surface area (Å²) in [6.07, 6.45) is 0.266. The number of ether oxygens (including phenoxy) is 1. The molecule has 0 radical (unpaired) electrons. The van der Waals surface area contributed by atoms with Gasteiger partial charge >= 0.3 is 11.9 Å². The average molecular weight is 727 g/mol. The summed E-state index contributed by atoms with van der Waals surface area (Å²) in [6, 6.07) is -3.56. The highest BCUT2D eigenvalue weighted by atomic mass is 19.3. The number of aliphatic hydroxyl groups excluding tert-OH is 4. The molecule has 0 aromatic carbocycles. The van der Waals surface area contributed by atoms with Crippen LogP contribution in [0.5, 0.6) is 0 Å². The van der Waals surface area contributed by atoms with Gasteiger partial charge in [0.1, 0.15) is 42.5 Å². The molecule has 16 nitrogen and oxygen atoms in total. The minimum Gasteiger partial charge on any atom is -0.480 e. The van der Waals surface area contributed by atoms with E-state index in [1.54, 1.807) is 0 Å². The number of aliphatic carboxylic acids is 1. The first-order valence-corrected chi connectivity index (χ1v) is 17.3. The van der Waals surface area contributed by atoms with E-state index in [4.69, 9.17) is 5.11 Å². The van der Waals surface area contributed by atoms with Crippen LogP contribution >= 0.6 is 0 Å². The maximum Gasteiger partial charge on any atom is 0.379 e. The first kappa shape index (κ1) is 45.0. The lowest BCUT2D eigenvalue weighted by atomic mass is 9.88. The fourth-order valence-electron chi connectivity index (χ4n) is 5.27. The molecule has 8 atom stereocenters. The summed E-state index contributed by atoms with van der Waals surface area (Å²) in [7, 11) is 0. The van der Waals surface area contributed by atoms with Gasteiger partial charge in [0, 0.05) is 13.0 Å². The fraction of sp³-hybridized carbons (Fsp3) is 0.844. The van der Waals surface area contributed by atoms with Crippen molar-refractivity contribution in [3.05, 3.63) is 0 Å². The van der Waals surface area contributed by atoms with Gasteiger partial charge in [-0.2, -0.15) is 8.78 Å². The van der Waals surface area contributed by atoms with Crippen molar-refractivity contribution in [3.63, 3.8) is 0 Å². The van der Waals surface area contributed by atoms with Crippen LogP contribution in [-0.4, -0.2) is 128 Å². The Morgan fingerprint density at radius 2 is 1.36 bits per heavy atom. The van der Waals surface area contributed by atoms with Gasteiger partial charge in [0.2, 0.25) is 17.7 Å². The standard InChI is InChI=1S/C32H56F2N4O12/c1-4-5-6-7-8-9-10-11-12-16-23(40)38-21(28(45)36-19(2)27(44)37-20(3)29(46)47)15-13-14-17-35-30(48)31(33,34)32(49)26(43)25(42)24(41)22(18-39)50-32/h19-22,24-26,39,41-43,49H,4-18H2,1-3H3,(H,35,48)(H,36,45)(H,37,44)(H,38,40)(H,46,47)/t19-,20-,21-,22+,24-,25-,26+,32+/m0/s1. The predicted octanol–water partition coefficient (Wildman–Crippen LogP) is -0.430. The van der Waals surface area contributed by atoms with Gasteiger partial charge in [-0.05, 0) is 39.5 Å². The van der Waals surface area contributed by atoms with Crippen molar-refractivity contribution in [1.82, 2.24) is 21.3 Å². The summed E-state index contributed by atoms with van der Waals surface area (Å²) < 4.78 is 34.5. The molecule has 18 heteroatoms. The van der Waals surface area contributed by atoms with E-state index in [2.05, 4.69) is 27.6 Å². The van der Waals surface area contributed by atoms with Gasteiger partial charge < -0.3 is 56.6 Å². The maximum atomic E-state index is 15.0. The van der Waals surface area contributed by atoms with Gasteiger partial charge in [0.15, 0.2) is 0 Å². The third kappa shape index (κ3) is 13.6. The number of amides is 4. The van der Waals surface area contributed by atoms with Gasteiger partial charge in [0.05, 0.1) is 6.61 Å². The second-order valence-corrected chi connectivity index (χ2v) is 12.8. The lowest BCUT2D eigenvalue weighted by Crippen LogP contribution is -2.73. The van der Waals surface area contributed by atoms with Gasteiger partial charge in [-0.25, -0.2) is 0 Å². The molecule has 0 saturated carbocycles. The van der Waals surface area contributed by atoms with Crippen LogP contribution in [0.2, 0.25) is 0 Å². The number of carboxylic acids is 1. The van der Waals surface area contributed by atoms with Gasteiger partial charge in [-0.1, -0.05) is 58.3 Å². The quantitative estimate of drug-likeness (QED) is 0.0569. The number of halogens is 2. The minimum absolute atomic E-state index is 0.0195. The normalized spacial score (nSPS) is 24.0. The Bertz CT molecular complexity index is 1100. The van der Waals surface area contributed by atoms with Gasteiger partial charge in [-0.3, -0.25) is 24.0 Å². The van der Waals surface area contributed by atoms with E-state index in [0.29, 0.717) is 6.42 Å². The largest absolute Gasteiger partial charge is 0.480 e. The first-order valence-electron chi connectivity index (χ1n) is 17.3. The van der Waals surface area contributed by atoms with Gasteiger partial charge in [0.25, 0.3) is 11.7 Å². The highest BCUT2D eigenvalue weighted by Gasteiger charge is 2.69. The summed E-state index contributed by atoms with van der Waals surface area (Å²) in [6.45, 7) is 3.16. The Morgan fingerprint density at radius 3 is 1.92 bits per heavy atom. The molecule has 0 aromatic rings. The van der Waals surface area contributed by atoms with Crippen molar-refractivity contribution < 1.29 is 68.1 Å². The van der Waals surface area contributed by atoms with Crippen LogP contribution in [0.4, 0.5) is 8.78 Å². The predicted molar refractivity (Wildman–Crippen MR) is 173 cm³/mol. The lowest BCUT2D eigenvalue weighted by molar-refractivity contribution is -0.401. The first-order chi connectivity index (χ1) is 23.4. The SMILES string of the molecule is CCCCCCCCCCCC(=O)N[C@@H](CCCCNC(=O)C(F)(F)[C@]1(O)O[C@H](CO)[C@H](O)[C@H](O)[C@H]1O)C(=O)N[C@@H](C)C(=O)N[C@@H](C)C(=O)O. The molecular formula is C32H56F2N4O12. The Morgan fingerprint density at radius 1 is 0.800 bits per heavy atom. The minimum atomic E-state index is -4.86. The summed E-state index contributed by atoms with van der Waals surface area (Å²) in [4.78, 5) is 61.6. The number of aliphatic hydroxyl groups is 5. The molecule has 1 aliphatic rings. The molecule has 0 unspecified atom stereocenters. The van der Waals surface area contributed by atoms with Crippen molar-refractivity contribution >= 4 is 29.6 Å². The Balaban J connectivity index is 2.76. The summed E-state index contributed by atoms with van der Waals surface area (Å²) in [5.74, 6) is -14.2. The molecule has 50 heavy (non-hydrogen) atoms. The number of hydrogen-bond donors (Lipinski definition) is 10. The highest BCUT2D eigenvalue weighted by molar-refractivity contribution is 5.93. The van der Waals surface area contributed by atoms with E-state index < -0.39 is 97.0 Å². The van der Waals surface area contributed by atoms with E-state index in [9.17, 15) is 58.3 Å². The number of carbonyl (C=O) groups is 5. The molecule has 10 N–H and O–H groups in total. The van der Waals surface area contributed by atoms with Crippen molar-refractivity contribution in [1.29, 1.82) is 0 Å². The number of rotatable bonds is 24. The van der Waals surface area contributed by atoms with Crippen molar-refractivity contribution in [3.8, 4) is 0 Å². The summed E-state index contributed by atoms with van der Waals surface area (Å²) in [5, 5.41) is 67.4. The van der Waals surface area contributed by atoms with E-state index in [0.717, 1.165) is 25.7 Å². The molecule has 1 rings (SSSR count). The number of unbranched alkanes of at least 4 members (excludes halogenated alkanes) is 9. The highest BCUT2D eigenvalue weighted by Crippen LogP contribution is 2.40. The monoisotopic (exact) mass is 726 g/mol. The van der Waals surface area contributed by atoms with Crippen molar-refractivity contribution in [2.75, 3.05) is 13.2 Å². The third-order valence-electron chi connectivity index (χ3n) is 8.55. The maximum absolute atomic E-state index is 15.0. The second kappa shape index (κ2) is 22.0. The molecule has 0 bridgehead atoms. The number of nitrogens with one attached hydrogen (secondary N) is 4. The van der Waals surface area contributed by atoms with Crippen LogP contribution in [0.1, 0.15) is 104 Å². The molecule has 1 heterocycles. The van der Waals surface area contributed by atoms with Crippen LogP contribution in [-0.2, 0) is 28.7 Å². The number of carboxylic acid groups (broad SMARTS) is 1. The molecule has 1 aliphatic heterocycles. The molecule has 0 aromatic heterocycles. The van der Waals surface area contributed by atoms with Crippen LogP contribution in [0.3, 0.4) is 0 Å². The molecule has 4 amide bonds. The third-order valence-corrected chi connectivity index (χ3v) is 8.55. The Hall–Kier alpha value is -3.03. The number of carbonyl (C=O) groups excluding carboxylic acids is 4. The average Bonchev–Trinajstić information content (AvgIpc) is 3.06. The van der Waals surface area contributed by atoms with Crippen molar-refractivity contribution in [2.24, 2.45) is 0 Å². The number of hydrogen-bond acceptors (Lipinski definition) is 11. The zero-order chi connectivity index (χ0) is 38.1. The van der Waals surface area contributed by atoms with E-state index in [1.165, 1.54) is 39.5 Å². The number of alkyl halides is 2. The smallest absolute Gasteiger partial charge is 0.379 e. The van der Waals surface area contributed by atoms with E-state index in [-0.39, 0.29) is 25.7 Å². The zero-order valence-corrected chi connectivity index (χ0v) is 29.0. The molecular weight excluding hydrogens is 670 g/mol. The summed E-state index contributed by atoms with van der Waals surface area (Å²) in [5.41, 5.74) is 0. The van der Waals surface area contributed by atoms with E-state index >= 15 is 0 Å². The van der Waals surface area contributed by atoms with Crippen molar-refractivity contribution in [2.45, 2.75) is 158 Å². The van der Waals surface area contributed by atoms with E-state index in [1.807, 2.05) is 5.32 Å². The van der Waals surface area contributed by atoms with Gasteiger partial charge in [-0.15, -0.1) is 0 Å². The fourth-order valence-corrected chi connectivity index (χ4v) is 5.27.